The van der Waals surface area contributed by atoms with Gasteiger partial charge in [-0.3, -0.25) is 4.79 Å². The Hall–Kier alpha value is -1.56. The van der Waals surface area contributed by atoms with Gasteiger partial charge in [0.25, 0.3) is 0 Å². The highest BCUT2D eigenvalue weighted by Gasteiger charge is 2.12. The largest absolute Gasteiger partial charge is 0.362 e. The number of H-pyrrole nitrogens is 1. The van der Waals surface area contributed by atoms with Crippen molar-refractivity contribution in [1.29, 1.82) is 0 Å². The van der Waals surface area contributed by atoms with Gasteiger partial charge in [-0.15, -0.1) is 11.8 Å². The summed E-state index contributed by atoms with van der Waals surface area (Å²) in [5, 5.41) is 3.85. The number of hydrogen-bond acceptors (Lipinski definition) is 5. The Labute approximate surface area is 116 Å². The molecule has 0 aliphatic heterocycles. The predicted molar refractivity (Wildman–Crippen MR) is 74.4 cm³/mol. The summed E-state index contributed by atoms with van der Waals surface area (Å²) >= 11 is 1.50. The first-order chi connectivity index (χ1) is 9.10. The molecule has 0 fully saturated rings. The Morgan fingerprint density at radius 1 is 1.47 bits per heavy atom. The van der Waals surface area contributed by atoms with Crippen molar-refractivity contribution in [3.8, 4) is 0 Å². The number of nitrogens with zero attached hydrogens (tertiary/aromatic N) is 2. The van der Waals surface area contributed by atoms with E-state index in [2.05, 4.69) is 15.1 Å². The van der Waals surface area contributed by atoms with Crippen molar-refractivity contribution < 1.29 is 9.32 Å². The molecule has 2 heterocycles. The molecule has 0 radical (unpaired) electrons. The Morgan fingerprint density at radius 2 is 2.26 bits per heavy atom. The molecule has 102 valence electrons. The molecule has 2 aromatic rings. The van der Waals surface area contributed by atoms with E-state index in [4.69, 9.17) is 4.52 Å². The number of ketones is 1. The maximum atomic E-state index is 12.0. The molecule has 5 nitrogen and oxygen atoms in total. The van der Waals surface area contributed by atoms with Gasteiger partial charge in [0.2, 0.25) is 5.89 Å². The zero-order chi connectivity index (χ0) is 13.8. The fourth-order valence-electron chi connectivity index (χ4n) is 1.82. The number of carbonyl (C=O) groups is 1. The smallest absolute Gasteiger partial charge is 0.226 e. The molecule has 1 N–H and O–H groups in total. The Morgan fingerprint density at radius 3 is 2.84 bits per heavy atom. The molecule has 0 aliphatic carbocycles. The minimum atomic E-state index is 0.131. The van der Waals surface area contributed by atoms with Crippen LogP contribution in [0.2, 0.25) is 0 Å². The maximum Gasteiger partial charge on any atom is 0.226 e. The molecule has 0 atom stereocenters. The van der Waals surface area contributed by atoms with Crippen LogP contribution in [0.3, 0.4) is 0 Å². The minimum Gasteiger partial charge on any atom is -0.362 e. The fraction of sp³-hybridized carbons (Fsp3) is 0.462. The van der Waals surface area contributed by atoms with Gasteiger partial charge in [0.1, 0.15) is 0 Å². The number of nitrogens with one attached hydrogen (secondary N) is 1. The van der Waals surface area contributed by atoms with Crippen molar-refractivity contribution in [2.45, 2.75) is 32.9 Å². The number of carbonyl (C=O) groups excluding carboxylic acids is 1. The summed E-state index contributed by atoms with van der Waals surface area (Å²) < 4.78 is 5.01. The second-order valence-electron chi connectivity index (χ2n) is 4.36. The highest BCUT2D eigenvalue weighted by atomic mass is 32.2. The van der Waals surface area contributed by atoms with Crippen LogP contribution in [-0.2, 0) is 12.2 Å². The molecule has 0 saturated carbocycles. The lowest BCUT2D eigenvalue weighted by Crippen LogP contribution is -2.03. The first-order valence-electron chi connectivity index (χ1n) is 6.18. The van der Waals surface area contributed by atoms with Crippen molar-refractivity contribution in [1.82, 2.24) is 15.1 Å². The average molecular weight is 279 g/mol. The van der Waals surface area contributed by atoms with E-state index in [1.807, 2.05) is 26.8 Å². The molecule has 0 saturated heterocycles. The predicted octanol–water partition coefficient (Wildman–Crippen LogP) is 2.69. The summed E-state index contributed by atoms with van der Waals surface area (Å²) in [7, 11) is 0. The van der Waals surface area contributed by atoms with Gasteiger partial charge < -0.3 is 9.51 Å². The number of aryl methyl sites for hydroxylation is 3. The third-order valence-electron chi connectivity index (χ3n) is 2.73. The highest BCUT2D eigenvalue weighted by molar-refractivity contribution is 7.99. The molecular weight excluding hydrogens is 262 g/mol. The van der Waals surface area contributed by atoms with Crippen LogP contribution in [0.15, 0.2) is 10.6 Å². The van der Waals surface area contributed by atoms with Gasteiger partial charge in [-0.05, 0) is 19.9 Å². The summed E-state index contributed by atoms with van der Waals surface area (Å²) in [6, 6.07) is 1.89. The number of aromatic nitrogens is 3. The van der Waals surface area contributed by atoms with Gasteiger partial charge in [0.05, 0.1) is 11.5 Å². The first-order valence-corrected chi connectivity index (χ1v) is 7.34. The second-order valence-corrected chi connectivity index (χ2v) is 5.35. The van der Waals surface area contributed by atoms with Crippen LogP contribution in [0.4, 0.5) is 0 Å². The Bertz CT molecular complexity index is 574. The van der Waals surface area contributed by atoms with E-state index < -0.39 is 0 Å². The van der Waals surface area contributed by atoms with E-state index >= 15 is 0 Å². The van der Waals surface area contributed by atoms with E-state index in [1.165, 1.54) is 11.8 Å². The molecule has 2 rings (SSSR count). The lowest BCUT2D eigenvalue weighted by Gasteiger charge is -1.98. The van der Waals surface area contributed by atoms with Crippen molar-refractivity contribution in [2.24, 2.45) is 0 Å². The van der Waals surface area contributed by atoms with Crippen molar-refractivity contribution in [3.05, 3.63) is 34.7 Å². The molecule has 6 heteroatoms. The van der Waals surface area contributed by atoms with Crippen LogP contribution in [-0.4, -0.2) is 26.7 Å². The van der Waals surface area contributed by atoms with E-state index in [0.717, 1.165) is 23.4 Å². The zero-order valence-corrected chi connectivity index (χ0v) is 12.1. The molecule has 2 aromatic heterocycles. The summed E-state index contributed by atoms with van der Waals surface area (Å²) in [5.74, 6) is 2.44. The summed E-state index contributed by atoms with van der Waals surface area (Å²) in [6.45, 7) is 5.82. The maximum absolute atomic E-state index is 12.0. The van der Waals surface area contributed by atoms with Gasteiger partial charge in [0.15, 0.2) is 11.6 Å². The lowest BCUT2D eigenvalue weighted by molar-refractivity contribution is 0.102. The van der Waals surface area contributed by atoms with Crippen LogP contribution < -0.4 is 0 Å². The Balaban J connectivity index is 1.85. The molecule has 19 heavy (non-hydrogen) atoms. The summed E-state index contributed by atoms with van der Waals surface area (Å²) in [4.78, 5) is 19.4. The van der Waals surface area contributed by atoms with Gasteiger partial charge >= 0.3 is 0 Å². The van der Waals surface area contributed by atoms with Crippen molar-refractivity contribution >= 4 is 17.5 Å². The number of rotatable bonds is 6. The molecule has 0 aliphatic rings. The van der Waals surface area contributed by atoms with Crippen molar-refractivity contribution in [3.63, 3.8) is 0 Å². The van der Waals surface area contributed by atoms with Gasteiger partial charge in [0, 0.05) is 23.4 Å². The SMILES string of the molecule is CCc1nc(CSCC(=O)c2cc(C)[nH]c2C)no1. The molecular formula is C13H17N3O2S. The first kappa shape index (κ1) is 13.9. The van der Waals surface area contributed by atoms with Gasteiger partial charge in [-0.2, -0.15) is 4.98 Å². The number of thioether (sulfide) groups is 1. The van der Waals surface area contributed by atoms with E-state index in [-0.39, 0.29) is 5.78 Å². The standard InChI is InChI=1S/C13H17N3O2S/c1-4-13-15-12(16-18-13)7-19-6-11(17)10-5-8(2)14-9(10)3/h5,14H,4,6-7H2,1-3H3. The quantitative estimate of drug-likeness (QED) is 0.823. The number of hydrogen-bond donors (Lipinski definition) is 1. The molecule has 0 amide bonds. The van der Waals surface area contributed by atoms with E-state index in [0.29, 0.717) is 23.2 Å². The van der Waals surface area contributed by atoms with Crippen LogP contribution in [0.1, 0.15) is 40.4 Å². The van der Waals surface area contributed by atoms with Gasteiger partial charge in [-0.1, -0.05) is 12.1 Å². The molecule has 0 spiro atoms. The topological polar surface area (TPSA) is 71.8 Å². The van der Waals surface area contributed by atoms with Crippen molar-refractivity contribution in [2.75, 3.05) is 5.75 Å². The molecule has 0 bridgehead atoms. The fourth-order valence-corrected chi connectivity index (χ4v) is 2.56. The van der Waals surface area contributed by atoms with Gasteiger partial charge in [-0.25, -0.2) is 0 Å². The molecule has 0 aromatic carbocycles. The van der Waals surface area contributed by atoms with Crippen LogP contribution in [0, 0.1) is 13.8 Å². The third kappa shape index (κ3) is 3.47. The lowest BCUT2D eigenvalue weighted by atomic mass is 10.2. The monoisotopic (exact) mass is 279 g/mol. The third-order valence-corrected chi connectivity index (χ3v) is 3.66. The molecule has 0 unspecified atom stereocenters. The second kappa shape index (κ2) is 6.06. The summed E-state index contributed by atoms with van der Waals surface area (Å²) in [5.41, 5.74) is 2.71. The Kier molecular flexibility index (Phi) is 4.42. The highest BCUT2D eigenvalue weighted by Crippen LogP contribution is 2.15. The summed E-state index contributed by atoms with van der Waals surface area (Å²) in [6.07, 6.45) is 0.735. The zero-order valence-electron chi connectivity index (χ0n) is 11.3. The number of aromatic amines is 1. The average Bonchev–Trinajstić information content (AvgIpc) is 2.95. The minimum absolute atomic E-state index is 0.131. The van der Waals surface area contributed by atoms with Crippen LogP contribution in [0.5, 0.6) is 0 Å². The normalized spacial score (nSPS) is 10.9. The number of Topliss-reactive ketones (excluding diaryl/α,β-unsaturated/α-hetero) is 1. The van der Waals surface area contributed by atoms with E-state index in [1.54, 1.807) is 0 Å². The van der Waals surface area contributed by atoms with E-state index in [9.17, 15) is 4.79 Å². The van der Waals surface area contributed by atoms with Crippen LogP contribution in [0.25, 0.3) is 0 Å². The van der Waals surface area contributed by atoms with Crippen LogP contribution >= 0.6 is 11.8 Å².